The van der Waals surface area contributed by atoms with E-state index in [1.54, 1.807) is 6.07 Å². The molecule has 6 heteroatoms. The monoisotopic (exact) mass is 374 g/mol. The van der Waals surface area contributed by atoms with Gasteiger partial charge in [-0.3, -0.25) is 9.69 Å². The van der Waals surface area contributed by atoms with E-state index in [0.29, 0.717) is 12.3 Å². The van der Waals surface area contributed by atoms with Gasteiger partial charge in [0.15, 0.2) is 5.69 Å². The SMILES string of the molecule is Cl.[C-]#[N+]c1cccc(COc2ccc(C[C@@H](C)N(C)CC(=O)O)cc2)c1. The van der Waals surface area contributed by atoms with Gasteiger partial charge < -0.3 is 9.84 Å². The van der Waals surface area contributed by atoms with Gasteiger partial charge in [0.25, 0.3) is 0 Å². The first-order valence-electron chi connectivity index (χ1n) is 8.08. The van der Waals surface area contributed by atoms with Crippen LogP contribution in [0.2, 0.25) is 0 Å². The molecule has 2 rings (SSSR count). The highest BCUT2D eigenvalue weighted by atomic mass is 35.5. The van der Waals surface area contributed by atoms with Gasteiger partial charge in [-0.05, 0) is 49.7 Å². The second-order valence-corrected chi connectivity index (χ2v) is 6.08. The smallest absolute Gasteiger partial charge is 0.317 e. The second-order valence-electron chi connectivity index (χ2n) is 6.08. The summed E-state index contributed by atoms with van der Waals surface area (Å²) >= 11 is 0. The molecule has 26 heavy (non-hydrogen) atoms. The minimum atomic E-state index is -0.819. The first kappa shape index (κ1) is 21.5. The largest absolute Gasteiger partial charge is 0.489 e. The molecule has 2 aromatic rings. The third-order valence-electron chi connectivity index (χ3n) is 4.04. The van der Waals surface area contributed by atoms with E-state index in [0.717, 1.165) is 23.3 Å². The number of carboxylic acids is 1. The van der Waals surface area contributed by atoms with Crippen LogP contribution in [0.5, 0.6) is 5.75 Å². The number of rotatable bonds is 8. The lowest BCUT2D eigenvalue weighted by molar-refractivity contribution is -0.138. The zero-order valence-electron chi connectivity index (χ0n) is 14.9. The maximum atomic E-state index is 10.8. The van der Waals surface area contributed by atoms with E-state index < -0.39 is 5.97 Å². The van der Waals surface area contributed by atoms with Crippen molar-refractivity contribution in [3.8, 4) is 5.75 Å². The number of hydrogen-bond donors (Lipinski definition) is 1. The Morgan fingerprint density at radius 1 is 1.23 bits per heavy atom. The van der Waals surface area contributed by atoms with Crippen LogP contribution in [0.4, 0.5) is 5.69 Å². The van der Waals surface area contributed by atoms with Crippen LogP contribution >= 0.6 is 12.4 Å². The van der Waals surface area contributed by atoms with Crippen LogP contribution < -0.4 is 4.74 Å². The maximum Gasteiger partial charge on any atom is 0.317 e. The van der Waals surface area contributed by atoms with Crippen molar-refractivity contribution in [1.82, 2.24) is 4.90 Å². The molecule has 138 valence electrons. The summed E-state index contributed by atoms with van der Waals surface area (Å²) in [5, 5.41) is 8.85. The van der Waals surface area contributed by atoms with Crippen molar-refractivity contribution in [2.75, 3.05) is 13.6 Å². The minimum Gasteiger partial charge on any atom is -0.489 e. The summed E-state index contributed by atoms with van der Waals surface area (Å²) in [6, 6.07) is 15.3. The molecule has 0 radical (unpaired) electrons. The number of hydrogen-bond acceptors (Lipinski definition) is 3. The molecular weight excluding hydrogens is 352 g/mol. The Balaban J connectivity index is 0.00000338. The van der Waals surface area contributed by atoms with Crippen LogP contribution in [-0.2, 0) is 17.8 Å². The molecule has 0 bridgehead atoms. The second kappa shape index (κ2) is 10.4. The Morgan fingerprint density at radius 2 is 1.92 bits per heavy atom. The number of halogens is 1. The molecular formula is C20H23ClN2O3. The Morgan fingerprint density at radius 3 is 2.54 bits per heavy atom. The molecule has 5 nitrogen and oxygen atoms in total. The lowest BCUT2D eigenvalue weighted by atomic mass is 10.1. The quantitative estimate of drug-likeness (QED) is 0.704. The van der Waals surface area contributed by atoms with Gasteiger partial charge in [-0.1, -0.05) is 30.3 Å². The number of carboxylic acid groups (broad SMARTS) is 1. The molecule has 0 amide bonds. The van der Waals surface area contributed by atoms with Crippen molar-refractivity contribution >= 4 is 24.1 Å². The van der Waals surface area contributed by atoms with Crippen molar-refractivity contribution in [3.63, 3.8) is 0 Å². The number of aliphatic carboxylic acids is 1. The molecule has 0 spiro atoms. The zero-order valence-corrected chi connectivity index (χ0v) is 15.7. The Bertz CT molecular complexity index is 756. The van der Waals surface area contributed by atoms with E-state index in [2.05, 4.69) is 4.85 Å². The topological polar surface area (TPSA) is 54.1 Å². The fraction of sp³-hybridized carbons (Fsp3) is 0.300. The molecule has 0 heterocycles. The molecule has 0 aliphatic rings. The van der Waals surface area contributed by atoms with Crippen LogP contribution in [-0.4, -0.2) is 35.6 Å². The summed E-state index contributed by atoms with van der Waals surface area (Å²) in [5.41, 5.74) is 2.70. The third-order valence-corrected chi connectivity index (χ3v) is 4.04. The van der Waals surface area contributed by atoms with Crippen LogP contribution in [0.15, 0.2) is 48.5 Å². The fourth-order valence-corrected chi connectivity index (χ4v) is 2.47. The highest BCUT2D eigenvalue weighted by molar-refractivity contribution is 5.85. The van der Waals surface area contributed by atoms with Gasteiger partial charge in [0, 0.05) is 6.04 Å². The normalized spacial score (nSPS) is 11.3. The molecule has 0 unspecified atom stereocenters. The average molecular weight is 375 g/mol. The van der Waals surface area contributed by atoms with Gasteiger partial charge in [-0.15, -0.1) is 12.4 Å². The summed E-state index contributed by atoms with van der Waals surface area (Å²) in [5.74, 6) is -0.0520. The number of nitrogens with zero attached hydrogens (tertiary/aromatic N) is 2. The molecule has 0 aromatic heterocycles. The van der Waals surface area contributed by atoms with E-state index in [4.69, 9.17) is 16.4 Å². The van der Waals surface area contributed by atoms with E-state index in [-0.39, 0.29) is 25.0 Å². The van der Waals surface area contributed by atoms with Crippen molar-refractivity contribution in [2.24, 2.45) is 0 Å². The number of carbonyl (C=O) groups is 1. The third kappa shape index (κ3) is 6.75. The molecule has 0 saturated carbocycles. The lowest BCUT2D eigenvalue weighted by Gasteiger charge is -2.22. The van der Waals surface area contributed by atoms with Crippen LogP contribution in [0.1, 0.15) is 18.1 Å². The van der Waals surface area contributed by atoms with E-state index in [1.807, 2.05) is 61.3 Å². The molecule has 0 aliphatic heterocycles. The summed E-state index contributed by atoms with van der Waals surface area (Å²) in [6.07, 6.45) is 0.775. The molecule has 0 fully saturated rings. The van der Waals surface area contributed by atoms with Gasteiger partial charge in [-0.25, -0.2) is 4.85 Å². The Labute approximate surface area is 160 Å². The van der Waals surface area contributed by atoms with Crippen molar-refractivity contribution < 1.29 is 14.6 Å². The molecule has 0 saturated heterocycles. The summed E-state index contributed by atoms with van der Waals surface area (Å²) < 4.78 is 5.76. The zero-order chi connectivity index (χ0) is 18.2. The van der Waals surface area contributed by atoms with Gasteiger partial charge in [0.05, 0.1) is 13.1 Å². The van der Waals surface area contributed by atoms with E-state index in [9.17, 15) is 4.79 Å². The lowest BCUT2D eigenvalue weighted by Crippen LogP contribution is -2.35. The summed E-state index contributed by atoms with van der Waals surface area (Å²) in [7, 11) is 1.81. The Kier molecular flexibility index (Phi) is 8.63. The van der Waals surface area contributed by atoms with Crippen LogP contribution in [0, 0.1) is 6.57 Å². The van der Waals surface area contributed by atoms with Crippen molar-refractivity contribution in [1.29, 1.82) is 0 Å². The predicted molar refractivity (Wildman–Crippen MR) is 104 cm³/mol. The predicted octanol–water partition coefficient (Wildman–Crippen LogP) is 4.19. The van der Waals surface area contributed by atoms with Gasteiger partial charge in [0.2, 0.25) is 0 Å². The Hall–Kier alpha value is -2.55. The summed E-state index contributed by atoms with van der Waals surface area (Å²) in [6.45, 7) is 9.49. The van der Waals surface area contributed by atoms with Gasteiger partial charge in [0.1, 0.15) is 12.4 Å². The van der Waals surface area contributed by atoms with Gasteiger partial charge in [-0.2, -0.15) is 0 Å². The van der Waals surface area contributed by atoms with E-state index in [1.165, 1.54) is 0 Å². The van der Waals surface area contributed by atoms with Crippen LogP contribution in [0.25, 0.3) is 4.85 Å². The molecule has 1 atom stereocenters. The van der Waals surface area contributed by atoms with Crippen molar-refractivity contribution in [2.45, 2.75) is 26.0 Å². The van der Waals surface area contributed by atoms with Crippen molar-refractivity contribution in [3.05, 3.63) is 71.1 Å². The highest BCUT2D eigenvalue weighted by Crippen LogP contribution is 2.18. The number of ether oxygens (including phenoxy) is 1. The number of benzene rings is 2. The number of likely N-dealkylation sites (N-methyl/N-ethyl adjacent to an activating group) is 1. The standard InChI is InChI=1S/C20H22N2O3.ClH/c1-15(22(3)13-20(23)24)11-16-7-9-19(10-8-16)25-14-17-5-4-6-18(12-17)21-2;/h4-10,12,15H,11,13-14H2,1,3H3,(H,23,24);1H/t15-;/m1./s1. The maximum absolute atomic E-state index is 10.8. The molecule has 2 aromatic carbocycles. The molecule has 0 aliphatic carbocycles. The van der Waals surface area contributed by atoms with Crippen LogP contribution in [0.3, 0.4) is 0 Å². The first-order chi connectivity index (χ1) is 12.0. The van der Waals surface area contributed by atoms with Gasteiger partial charge >= 0.3 is 5.97 Å². The fourth-order valence-electron chi connectivity index (χ4n) is 2.47. The highest BCUT2D eigenvalue weighted by Gasteiger charge is 2.12. The first-order valence-corrected chi connectivity index (χ1v) is 8.08. The summed E-state index contributed by atoms with van der Waals surface area (Å²) in [4.78, 5) is 16.0. The molecule has 1 N–H and O–H groups in total. The average Bonchev–Trinajstić information content (AvgIpc) is 2.60. The van der Waals surface area contributed by atoms with E-state index >= 15 is 0 Å². The minimum absolute atomic E-state index is 0.